The third-order valence-electron chi connectivity index (χ3n) is 6.59. The van der Waals surface area contributed by atoms with E-state index in [0.29, 0.717) is 30.2 Å². The molecule has 0 aliphatic rings. The first-order valence-electron chi connectivity index (χ1n) is 13.0. The molecule has 9 heteroatoms. The van der Waals surface area contributed by atoms with Crippen LogP contribution in [-0.2, 0) is 33.2 Å². The lowest BCUT2D eigenvalue weighted by molar-refractivity contribution is -0.132. The first kappa shape index (κ1) is 30.2. The molecule has 8 nitrogen and oxygen atoms in total. The van der Waals surface area contributed by atoms with Crippen molar-refractivity contribution >= 4 is 15.9 Å². The fourth-order valence-electron chi connectivity index (χ4n) is 4.22. The minimum Gasteiger partial charge on any atom is -0.493 e. The third kappa shape index (κ3) is 7.64. The molecule has 0 saturated carbocycles. The Hall–Kier alpha value is -3.30. The molecule has 1 heterocycles. The predicted molar refractivity (Wildman–Crippen MR) is 152 cm³/mol. The monoisotopic (exact) mass is 556 g/mol. The molecular weight excluding hydrogens is 516 g/mol. The van der Waals surface area contributed by atoms with E-state index in [-0.39, 0.29) is 29.3 Å². The highest BCUT2D eigenvalue weighted by atomic mass is 32.2. The van der Waals surface area contributed by atoms with Crippen LogP contribution in [0.15, 0.2) is 70.2 Å². The number of hydrogen-bond donors (Lipinski definition) is 0. The van der Waals surface area contributed by atoms with Gasteiger partial charge in [-0.25, -0.2) is 8.42 Å². The van der Waals surface area contributed by atoms with Crippen LogP contribution < -0.4 is 9.47 Å². The van der Waals surface area contributed by atoms with Gasteiger partial charge in [0, 0.05) is 12.6 Å². The van der Waals surface area contributed by atoms with E-state index in [9.17, 15) is 13.2 Å². The number of furan rings is 1. The predicted octanol–water partition coefficient (Wildman–Crippen LogP) is 5.26. The third-order valence-corrected chi connectivity index (χ3v) is 8.63. The zero-order valence-electron chi connectivity index (χ0n) is 23.9. The molecule has 2 aromatic carbocycles. The SMILES string of the molecule is COc1ccc(CCN(Cc2ccco2)C(=O)CN(C(C)C)S(=O)(=O)c2ccc(C(C)(C)C)cc2)cc1OC. The van der Waals surface area contributed by atoms with Crippen molar-refractivity contribution in [2.24, 2.45) is 0 Å². The maximum atomic E-state index is 13.6. The fraction of sp³-hybridized carbons (Fsp3) is 0.433. The van der Waals surface area contributed by atoms with Crippen molar-refractivity contribution in [3.8, 4) is 11.5 Å². The topological polar surface area (TPSA) is 89.3 Å². The van der Waals surface area contributed by atoms with E-state index in [1.54, 1.807) is 63.5 Å². The van der Waals surface area contributed by atoms with Crippen LogP contribution in [0.5, 0.6) is 11.5 Å². The summed E-state index contributed by atoms with van der Waals surface area (Å²) in [6.45, 7) is 10.1. The highest BCUT2D eigenvalue weighted by Gasteiger charge is 2.31. The molecule has 1 amide bonds. The quantitative estimate of drug-likeness (QED) is 0.302. The molecule has 0 N–H and O–H groups in total. The highest BCUT2D eigenvalue weighted by molar-refractivity contribution is 7.89. The molecule has 0 bridgehead atoms. The van der Waals surface area contributed by atoms with Gasteiger partial charge >= 0.3 is 0 Å². The van der Waals surface area contributed by atoms with Crippen molar-refractivity contribution < 1.29 is 27.1 Å². The van der Waals surface area contributed by atoms with Gasteiger partial charge in [0.05, 0.1) is 38.5 Å². The smallest absolute Gasteiger partial charge is 0.243 e. The van der Waals surface area contributed by atoms with Crippen LogP contribution in [-0.4, -0.2) is 56.9 Å². The molecule has 0 aliphatic carbocycles. The van der Waals surface area contributed by atoms with E-state index in [0.717, 1.165) is 11.1 Å². The second kappa shape index (κ2) is 12.7. The molecule has 0 fully saturated rings. The summed E-state index contributed by atoms with van der Waals surface area (Å²) >= 11 is 0. The number of benzene rings is 2. The van der Waals surface area contributed by atoms with Gasteiger partial charge in [-0.15, -0.1) is 0 Å². The average molecular weight is 557 g/mol. The van der Waals surface area contributed by atoms with Crippen molar-refractivity contribution in [2.45, 2.75) is 63.9 Å². The van der Waals surface area contributed by atoms with Gasteiger partial charge in [-0.3, -0.25) is 4.79 Å². The lowest BCUT2D eigenvalue weighted by Crippen LogP contribution is -2.46. The van der Waals surface area contributed by atoms with Gasteiger partial charge in [-0.1, -0.05) is 39.0 Å². The van der Waals surface area contributed by atoms with Gasteiger partial charge in [0.2, 0.25) is 15.9 Å². The summed E-state index contributed by atoms with van der Waals surface area (Å²) in [4.78, 5) is 15.4. The van der Waals surface area contributed by atoms with Crippen LogP contribution in [0.1, 0.15) is 51.5 Å². The summed E-state index contributed by atoms with van der Waals surface area (Å²) in [6.07, 6.45) is 2.09. The highest BCUT2D eigenvalue weighted by Crippen LogP contribution is 2.28. The van der Waals surface area contributed by atoms with Gasteiger partial charge in [0.25, 0.3) is 0 Å². The van der Waals surface area contributed by atoms with E-state index in [1.807, 2.05) is 30.3 Å². The van der Waals surface area contributed by atoms with Crippen LogP contribution in [0.3, 0.4) is 0 Å². The molecule has 0 saturated heterocycles. The summed E-state index contributed by atoms with van der Waals surface area (Å²) < 4.78 is 44.7. The van der Waals surface area contributed by atoms with Gasteiger partial charge < -0.3 is 18.8 Å². The maximum Gasteiger partial charge on any atom is 0.243 e. The van der Waals surface area contributed by atoms with E-state index >= 15 is 0 Å². The Morgan fingerprint density at radius 2 is 1.64 bits per heavy atom. The van der Waals surface area contributed by atoms with Crippen molar-refractivity contribution in [2.75, 3.05) is 27.3 Å². The molecule has 0 unspecified atom stereocenters. The Kier molecular flexibility index (Phi) is 9.85. The van der Waals surface area contributed by atoms with Crippen molar-refractivity contribution in [1.29, 1.82) is 0 Å². The first-order valence-corrected chi connectivity index (χ1v) is 14.4. The minimum atomic E-state index is -3.91. The van der Waals surface area contributed by atoms with E-state index < -0.39 is 16.1 Å². The first-order chi connectivity index (χ1) is 18.4. The van der Waals surface area contributed by atoms with Gasteiger partial charge in [0.1, 0.15) is 5.76 Å². The lowest BCUT2D eigenvalue weighted by atomic mass is 9.87. The number of hydrogen-bond acceptors (Lipinski definition) is 6. The number of amides is 1. The second-order valence-corrected chi connectivity index (χ2v) is 12.6. The van der Waals surface area contributed by atoms with E-state index in [1.165, 1.54) is 4.31 Å². The summed E-state index contributed by atoms with van der Waals surface area (Å²) in [6, 6.07) is 15.7. The fourth-order valence-corrected chi connectivity index (χ4v) is 5.81. The number of ether oxygens (including phenoxy) is 2. The molecule has 3 aromatic rings. The Balaban J connectivity index is 1.83. The summed E-state index contributed by atoms with van der Waals surface area (Å²) in [5.74, 6) is 1.54. The number of carbonyl (C=O) groups excluding carboxylic acids is 1. The molecule has 0 spiro atoms. The number of sulfonamides is 1. The van der Waals surface area contributed by atoms with Crippen molar-refractivity contribution in [3.05, 3.63) is 77.7 Å². The number of methoxy groups -OCH3 is 2. The van der Waals surface area contributed by atoms with Crippen LogP contribution in [0, 0.1) is 0 Å². The standard InChI is InChI=1S/C30H40N2O6S/c1-22(2)32(39(34,35)26-13-11-24(12-14-26)30(3,4)5)21-29(33)31(20-25-9-8-18-38-25)17-16-23-10-15-27(36-6)28(19-23)37-7/h8-15,18-19,22H,16-17,20-21H2,1-7H3. The van der Waals surface area contributed by atoms with Gasteiger partial charge in [-0.2, -0.15) is 4.31 Å². The second-order valence-electron chi connectivity index (χ2n) is 10.8. The van der Waals surface area contributed by atoms with Gasteiger partial charge in [-0.05, 0) is 73.2 Å². The number of rotatable bonds is 12. The normalized spacial score (nSPS) is 12.1. The Labute approximate surface area is 232 Å². The minimum absolute atomic E-state index is 0.101. The summed E-state index contributed by atoms with van der Waals surface area (Å²) in [5, 5.41) is 0. The van der Waals surface area contributed by atoms with Crippen LogP contribution in [0.2, 0.25) is 0 Å². The Bertz CT molecular complexity index is 1330. The van der Waals surface area contributed by atoms with Crippen LogP contribution in [0.4, 0.5) is 0 Å². The Morgan fingerprint density at radius 3 is 2.18 bits per heavy atom. The summed E-state index contributed by atoms with van der Waals surface area (Å²) in [7, 11) is -0.752. The van der Waals surface area contributed by atoms with Gasteiger partial charge in [0.15, 0.2) is 11.5 Å². The molecule has 39 heavy (non-hydrogen) atoms. The molecule has 3 rings (SSSR count). The molecule has 0 radical (unpaired) electrons. The molecule has 0 aliphatic heterocycles. The van der Waals surface area contributed by atoms with Crippen LogP contribution >= 0.6 is 0 Å². The maximum absolute atomic E-state index is 13.6. The van der Waals surface area contributed by atoms with Crippen LogP contribution in [0.25, 0.3) is 0 Å². The zero-order chi connectivity index (χ0) is 28.8. The van der Waals surface area contributed by atoms with E-state index in [4.69, 9.17) is 13.9 Å². The average Bonchev–Trinajstić information content (AvgIpc) is 3.41. The molecule has 212 valence electrons. The van der Waals surface area contributed by atoms with Crippen molar-refractivity contribution in [1.82, 2.24) is 9.21 Å². The van der Waals surface area contributed by atoms with Crippen molar-refractivity contribution in [3.63, 3.8) is 0 Å². The Morgan fingerprint density at radius 1 is 0.974 bits per heavy atom. The number of carbonyl (C=O) groups is 1. The zero-order valence-corrected chi connectivity index (χ0v) is 24.7. The molecule has 0 atom stereocenters. The van der Waals surface area contributed by atoms with E-state index in [2.05, 4.69) is 20.8 Å². The summed E-state index contributed by atoms with van der Waals surface area (Å²) in [5.41, 5.74) is 1.89. The number of nitrogens with zero attached hydrogens (tertiary/aromatic N) is 2. The largest absolute Gasteiger partial charge is 0.493 e. The lowest BCUT2D eigenvalue weighted by Gasteiger charge is -2.29. The molecule has 1 aromatic heterocycles. The molecular formula is C30H40N2O6S.